The molecule has 5 nitrogen and oxygen atoms in total. The molecule has 0 saturated heterocycles. The third-order valence-corrected chi connectivity index (χ3v) is 3.10. The molecule has 0 aliphatic heterocycles. The van der Waals surface area contributed by atoms with Crippen LogP contribution in [-0.2, 0) is 4.79 Å². The number of aryl methyl sites for hydroxylation is 1. The van der Waals surface area contributed by atoms with E-state index in [4.69, 9.17) is 15.2 Å². The van der Waals surface area contributed by atoms with Crippen LogP contribution in [0.5, 0.6) is 11.5 Å². The highest BCUT2D eigenvalue weighted by Gasteiger charge is 2.26. The second-order valence-electron chi connectivity index (χ2n) is 5.06. The van der Waals surface area contributed by atoms with E-state index in [1.807, 2.05) is 13.0 Å². The van der Waals surface area contributed by atoms with Gasteiger partial charge in [0.15, 0.2) is 11.5 Å². The Hall–Kier alpha value is -1.75. The summed E-state index contributed by atoms with van der Waals surface area (Å²) >= 11 is 0. The van der Waals surface area contributed by atoms with Gasteiger partial charge in [0, 0.05) is 18.3 Å². The van der Waals surface area contributed by atoms with E-state index >= 15 is 0 Å². The largest absolute Gasteiger partial charge is 0.493 e. The lowest BCUT2D eigenvalue weighted by molar-refractivity contribution is -0.123. The first-order valence-electron chi connectivity index (χ1n) is 6.10. The molecule has 0 atom stereocenters. The van der Waals surface area contributed by atoms with Crippen LogP contribution in [0.15, 0.2) is 12.1 Å². The number of nitrogens with two attached hydrogens (primary N) is 1. The molecular weight excluding hydrogens is 244 g/mol. The zero-order valence-electron chi connectivity index (χ0n) is 12.2. The van der Waals surface area contributed by atoms with Gasteiger partial charge in [0.05, 0.1) is 19.6 Å². The monoisotopic (exact) mass is 266 g/mol. The fourth-order valence-electron chi connectivity index (χ4n) is 1.50. The van der Waals surface area contributed by atoms with Crippen molar-refractivity contribution in [3.05, 3.63) is 17.7 Å². The second-order valence-corrected chi connectivity index (χ2v) is 5.06. The Morgan fingerprint density at radius 3 is 2.26 bits per heavy atom. The van der Waals surface area contributed by atoms with Gasteiger partial charge in [-0.25, -0.2) is 0 Å². The van der Waals surface area contributed by atoms with Crippen LogP contribution >= 0.6 is 0 Å². The van der Waals surface area contributed by atoms with Crippen LogP contribution in [0.4, 0.5) is 5.69 Å². The molecule has 0 unspecified atom stereocenters. The van der Waals surface area contributed by atoms with Gasteiger partial charge >= 0.3 is 0 Å². The molecule has 0 heterocycles. The number of carbonyl (C=O) groups is 1. The van der Waals surface area contributed by atoms with E-state index < -0.39 is 5.41 Å². The van der Waals surface area contributed by atoms with Crippen LogP contribution in [-0.4, -0.2) is 26.7 Å². The second kappa shape index (κ2) is 5.93. The number of carbonyl (C=O) groups excluding carboxylic acids is 1. The third-order valence-electron chi connectivity index (χ3n) is 3.10. The van der Waals surface area contributed by atoms with E-state index in [9.17, 15) is 4.79 Å². The number of amides is 1. The minimum Gasteiger partial charge on any atom is -0.493 e. The first kappa shape index (κ1) is 15.3. The molecule has 0 fully saturated rings. The average molecular weight is 266 g/mol. The van der Waals surface area contributed by atoms with Gasteiger partial charge in [0.25, 0.3) is 0 Å². The maximum atomic E-state index is 12.1. The Bertz CT molecular complexity index is 470. The standard InChI is InChI=1S/C14H22N2O3/c1-9-6-11(18-4)12(19-5)7-10(9)16-13(17)14(2,3)8-15/h6-7H,8,15H2,1-5H3,(H,16,17). The normalized spacial score (nSPS) is 11.1. The molecule has 0 aliphatic carbocycles. The lowest BCUT2D eigenvalue weighted by atomic mass is 9.92. The lowest BCUT2D eigenvalue weighted by Gasteiger charge is -2.22. The number of nitrogens with one attached hydrogen (secondary N) is 1. The molecule has 3 N–H and O–H groups in total. The van der Waals surface area contributed by atoms with Crippen LogP contribution in [0, 0.1) is 12.3 Å². The number of anilines is 1. The van der Waals surface area contributed by atoms with Gasteiger partial charge in [-0.05, 0) is 32.4 Å². The smallest absolute Gasteiger partial charge is 0.231 e. The molecule has 0 aliphatic rings. The highest BCUT2D eigenvalue weighted by atomic mass is 16.5. The Morgan fingerprint density at radius 2 is 1.79 bits per heavy atom. The van der Waals surface area contributed by atoms with Gasteiger partial charge in [-0.3, -0.25) is 4.79 Å². The minimum atomic E-state index is -0.612. The van der Waals surface area contributed by atoms with Crippen molar-refractivity contribution in [3.8, 4) is 11.5 Å². The van der Waals surface area contributed by atoms with Crippen LogP contribution < -0.4 is 20.5 Å². The van der Waals surface area contributed by atoms with Gasteiger partial charge in [0.1, 0.15) is 0 Å². The number of benzene rings is 1. The van der Waals surface area contributed by atoms with Gasteiger partial charge in [0.2, 0.25) is 5.91 Å². The molecule has 0 aromatic heterocycles. The summed E-state index contributed by atoms with van der Waals surface area (Å²) in [6.45, 7) is 5.79. The summed E-state index contributed by atoms with van der Waals surface area (Å²) in [6.07, 6.45) is 0. The van der Waals surface area contributed by atoms with E-state index in [0.29, 0.717) is 17.2 Å². The molecule has 1 amide bonds. The SMILES string of the molecule is COc1cc(C)c(NC(=O)C(C)(C)CN)cc1OC. The molecule has 0 saturated carbocycles. The summed E-state index contributed by atoms with van der Waals surface area (Å²) in [5, 5.41) is 2.87. The van der Waals surface area contributed by atoms with E-state index in [1.165, 1.54) is 0 Å². The van der Waals surface area contributed by atoms with Crippen LogP contribution in [0.1, 0.15) is 19.4 Å². The first-order valence-corrected chi connectivity index (χ1v) is 6.10. The van der Waals surface area contributed by atoms with Crippen LogP contribution in [0.25, 0.3) is 0 Å². The third kappa shape index (κ3) is 3.38. The van der Waals surface area contributed by atoms with E-state index in [2.05, 4.69) is 5.32 Å². The molecule has 5 heteroatoms. The first-order chi connectivity index (χ1) is 8.85. The number of ether oxygens (including phenoxy) is 2. The Balaban J connectivity index is 3.05. The molecule has 1 aromatic carbocycles. The molecule has 106 valence electrons. The van der Waals surface area contributed by atoms with Crippen molar-refractivity contribution in [2.75, 3.05) is 26.1 Å². The number of hydrogen-bond acceptors (Lipinski definition) is 4. The maximum Gasteiger partial charge on any atom is 0.231 e. The van der Waals surface area contributed by atoms with Crippen molar-refractivity contribution in [2.45, 2.75) is 20.8 Å². The highest BCUT2D eigenvalue weighted by molar-refractivity contribution is 5.96. The van der Waals surface area contributed by atoms with E-state index in [0.717, 1.165) is 5.56 Å². The molecule has 0 spiro atoms. The zero-order chi connectivity index (χ0) is 14.6. The highest BCUT2D eigenvalue weighted by Crippen LogP contribution is 2.33. The molecule has 19 heavy (non-hydrogen) atoms. The van der Waals surface area contributed by atoms with Gasteiger partial charge in [-0.1, -0.05) is 0 Å². The summed E-state index contributed by atoms with van der Waals surface area (Å²) in [5.74, 6) is 1.09. The van der Waals surface area contributed by atoms with Crippen molar-refractivity contribution in [2.24, 2.45) is 11.1 Å². The zero-order valence-corrected chi connectivity index (χ0v) is 12.2. The number of hydrogen-bond donors (Lipinski definition) is 2. The van der Waals surface area contributed by atoms with Crippen molar-refractivity contribution >= 4 is 11.6 Å². The quantitative estimate of drug-likeness (QED) is 0.854. The van der Waals surface area contributed by atoms with Crippen molar-refractivity contribution < 1.29 is 14.3 Å². The van der Waals surface area contributed by atoms with E-state index in [1.54, 1.807) is 34.1 Å². The number of methoxy groups -OCH3 is 2. The summed E-state index contributed by atoms with van der Waals surface area (Å²) < 4.78 is 10.4. The predicted octanol–water partition coefficient (Wildman–Crippen LogP) is 1.94. The number of rotatable bonds is 5. The fourth-order valence-corrected chi connectivity index (χ4v) is 1.50. The molecule has 0 radical (unpaired) electrons. The van der Waals surface area contributed by atoms with Crippen molar-refractivity contribution in [3.63, 3.8) is 0 Å². The maximum absolute atomic E-state index is 12.1. The van der Waals surface area contributed by atoms with E-state index in [-0.39, 0.29) is 12.5 Å². The average Bonchev–Trinajstić information content (AvgIpc) is 2.40. The summed E-state index contributed by atoms with van der Waals surface area (Å²) in [4.78, 5) is 12.1. The summed E-state index contributed by atoms with van der Waals surface area (Å²) in [7, 11) is 3.13. The Morgan fingerprint density at radius 1 is 1.26 bits per heavy atom. The van der Waals surface area contributed by atoms with Crippen molar-refractivity contribution in [1.82, 2.24) is 0 Å². The van der Waals surface area contributed by atoms with Crippen LogP contribution in [0.2, 0.25) is 0 Å². The van der Waals surface area contributed by atoms with Gasteiger partial charge in [-0.15, -0.1) is 0 Å². The van der Waals surface area contributed by atoms with Gasteiger partial charge < -0.3 is 20.5 Å². The fraction of sp³-hybridized carbons (Fsp3) is 0.500. The molecular formula is C14H22N2O3. The van der Waals surface area contributed by atoms with Crippen molar-refractivity contribution in [1.29, 1.82) is 0 Å². The molecule has 1 aromatic rings. The Kier molecular flexibility index (Phi) is 4.78. The Labute approximate surface area is 114 Å². The lowest BCUT2D eigenvalue weighted by Crippen LogP contribution is -2.37. The van der Waals surface area contributed by atoms with Crippen LogP contribution in [0.3, 0.4) is 0 Å². The molecule has 0 bridgehead atoms. The predicted molar refractivity (Wildman–Crippen MR) is 75.7 cm³/mol. The molecule has 1 rings (SSSR count). The topological polar surface area (TPSA) is 73.6 Å². The van der Waals surface area contributed by atoms with Gasteiger partial charge in [-0.2, -0.15) is 0 Å². The summed E-state index contributed by atoms with van der Waals surface area (Å²) in [5.41, 5.74) is 6.58. The summed E-state index contributed by atoms with van der Waals surface area (Å²) in [6, 6.07) is 3.57. The minimum absolute atomic E-state index is 0.120.